The van der Waals surface area contributed by atoms with E-state index in [1.54, 1.807) is 0 Å². The van der Waals surface area contributed by atoms with Crippen LogP contribution in [0.15, 0.2) is 10.8 Å². The number of anilines is 1. The predicted molar refractivity (Wildman–Crippen MR) is 51.7 cm³/mol. The second kappa shape index (κ2) is 4.75. The molecule has 0 aliphatic carbocycles. The van der Waals surface area contributed by atoms with Crippen molar-refractivity contribution in [3.63, 3.8) is 0 Å². The summed E-state index contributed by atoms with van der Waals surface area (Å²) < 4.78 is 9.71. The molecule has 14 heavy (non-hydrogen) atoms. The van der Waals surface area contributed by atoms with E-state index in [9.17, 15) is 4.79 Å². The van der Waals surface area contributed by atoms with Crippen molar-refractivity contribution in [3.8, 4) is 6.01 Å². The number of nitrogens with zero attached hydrogens (tertiary/aromatic N) is 2. The summed E-state index contributed by atoms with van der Waals surface area (Å²) in [7, 11) is 1.27. The van der Waals surface area contributed by atoms with Gasteiger partial charge in [0.25, 0.3) is 0 Å². The third-order valence-corrected chi connectivity index (χ3v) is 1.93. The lowest BCUT2D eigenvalue weighted by Gasteiger charge is -2.03. The Morgan fingerprint density at radius 1 is 1.71 bits per heavy atom. The number of nitrogens with two attached hydrogens (primary N) is 1. The summed E-state index contributed by atoms with van der Waals surface area (Å²) in [4.78, 5) is 18.3. The monoisotopic (exact) mass is 261 g/mol. The van der Waals surface area contributed by atoms with Crippen LogP contribution in [0.2, 0.25) is 0 Å². The van der Waals surface area contributed by atoms with E-state index in [-0.39, 0.29) is 12.6 Å². The Morgan fingerprint density at radius 2 is 2.43 bits per heavy atom. The second-order valence-corrected chi connectivity index (χ2v) is 3.01. The fourth-order valence-corrected chi connectivity index (χ4v) is 0.861. The number of rotatable bonds is 3. The number of ether oxygens (including phenoxy) is 2. The van der Waals surface area contributed by atoms with Gasteiger partial charge in [-0.2, -0.15) is 4.98 Å². The summed E-state index contributed by atoms with van der Waals surface area (Å²) in [5.41, 5.74) is 5.85. The molecule has 0 aromatic carbocycles. The van der Waals surface area contributed by atoms with Crippen molar-refractivity contribution in [2.24, 2.45) is 0 Å². The average Bonchev–Trinajstić information content (AvgIpc) is 2.19. The van der Waals surface area contributed by atoms with E-state index in [1.807, 2.05) is 0 Å². The summed E-state index contributed by atoms with van der Waals surface area (Å²) in [5, 5.41) is 0. The molecule has 7 heteroatoms. The standard InChI is InChI=1S/C7H8BrN3O3/c1-13-5(12)3-14-7-10-2-4(9)6(8)11-7/h2H,3,9H2,1H3. The van der Waals surface area contributed by atoms with Crippen LogP contribution in [0.4, 0.5) is 5.69 Å². The van der Waals surface area contributed by atoms with Crippen molar-refractivity contribution in [2.75, 3.05) is 19.5 Å². The summed E-state index contributed by atoms with van der Waals surface area (Å²) in [6.07, 6.45) is 1.38. The SMILES string of the molecule is COC(=O)COc1ncc(N)c(Br)n1. The van der Waals surface area contributed by atoms with Gasteiger partial charge in [-0.15, -0.1) is 0 Å². The molecule has 0 saturated heterocycles. The van der Waals surface area contributed by atoms with Gasteiger partial charge in [-0.1, -0.05) is 0 Å². The van der Waals surface area contributed by atoms with Crippen LogP contribution in [0.25, 0.3) is 0 Å². The quantitative estimate of drug-likeness (QED) is 0.625. The highest BCUT2D eigenvalue weighted by atomic mass is 79.9. The molecular weight excluding hydrogens is 254 g/mol. The zero-order chi connectivity index (χ0) is 10.6. The molecule has 0 spiro atoms. The van der Waals surface area contributed by atoms with Gasteiger partial charge in [0.2, 0.25) is 0 Å². The molecule has 0 saturated carbocycles. The number of hydrogen-bond donors (Lipinski definition) is 1. The van der Waals surface area contributed by atoms with E-state index >= 15 is 0 Å². The van der Waals surface area contributed by atoms with Crippen LogP contribution in [0.1, 0.15) is 0 Å². The van der Waals surface area contributed by atoms with Crippen LogP contribution < -0.4 is 10.5 Å². The highest BCUT2D eigenvalue weighted by molar-refractivity contribution is 9.10. The molecule has 0 unspecified atom stereocenters. The molecule has 2 N–H and O–H groups in total. The van der Waals surface area contributed by atoms with Crippen LogP contribution in [0, 0.1) is 0 Å². The zero-order valence-electron chi connectivity index (χ0n) is 7.36. The Kier molecular flexibility index (Phi) is 3.63. The Morgan fingerprint density at radius 3 is 3.00 bits per heavy atom. The molecule has 0 amide bonds. The van der Waals surface area contributed by atoms with Crippen molar-refractivity contribution in [1.82, 2.24) is 9.97 Å². The number of hydrogen-bond acceptors (Lipinski definition) is 6. The summed E-state index contributed by atoms with van der Waals surface area (Å²) >= 11 is 3.10. The molecule has 0 atom stereocenters. The van der Waals surface area contributed by atoms with E-state index in [0.29, 0.717) is 10.3 Å². The van der Waals surface area contributed by atoms with Crippen LogP contribution >= 0.6 is 15.9 Å². The summed E-state index contributed by atoms with van der Waals surface area (Å²) in [6, 6.07) is 0.0662. The van der Waals surface area contributed by atoms with Crippen LogP contribution in [-0.4, -0.2) is 29.7 Å². The molecule has 1 aromatic heterocycles. The van der Waals surface area contributed by atoms with Crippen molar-refractivity contribution < 1.29 is 14.3 Å². The molecule has 1 aromatic rings. The summed E-state index contributed by atoms with van der Waals surface area (Å²) in [6.45, 7) is -0.229. The lowest BCUT2D eigenvalue weighted by atomic mass is 10.6. The maximum absolute atomic E-state index is 10.7. The van der Waals surface area contributed by atoms with E-state index in [1.165, 1.54) is 13.3 Å². The van der Waals surface area contributed by atoms with Gasteiger partial charge in [-0.25, -0.2) is 9.78 Å². The van der Waals surface area contributed by atoms with E-state index in [4.69, 9.17) is 10.5 Å². The first-order valence-corrected chi connectivity index (χ1v) is 4.40. The minimum absolute atomic E-state index is 0.0662. The molecule has 0 radical (unpaired) electrons. The minimum atomic E-state index is -0.499. The molecule has 1 rings (SSSR count). The summed E-state index contributed by atoms with van der Waals surface area (Å²) in [5.74, 6) is -0.499. The highest BCUT2D eigenvalue weighted by Crippen LogP contribution is 2.17. The first-order chi connectivity index (χ1) is 6.63. The maximum atomic E-state index is 10.7. The highest BCUT2D eigenvalue weighted by Gasteiger charge is 2.05. The number of carbonyl (C=O) groups excluding carboxylic acids is 1. The van der Waals surface area contributed by atoms with Crippen molar-refractivity contribution in [3.05, 3.63) is 10.8 Å². The molecule has 0 fully saturated rings. The van der Waals surface area contributed by atoms with Gasteiger partial charge < -0.3 is 15.2 Å². The largest absolute Gasteiger partial charge is 0.466 e. The van der Waals surface area contributed by atoms with Gasteiger partial charge in [0.1, 0.15) is 4.60 Å². The van der Waals surface area contributed by atoms with Crippen LogP contribution in [0.3, 0.4) is 0 Å². The van der Waals surface area contributed by atoms with Gasteiger partial charge in [0.15, 0.2) is 6.61 Å². The molecule has 0 aliphatic rings. The fourth-order valence-electron chi connectivity index (χ4n) is 0.607. The smallest absolute Gasteiger partial charge is 0.344 e. The molecular formula is C7H8BrN3O3. The number of methoxy groups -OCH3 is 1. The molecule has 0 aliphatic heterocycles. The number of nitrogen functional groups attached to an aromatic ring is 1. The third-order valence-electron chi connectivity index (χ3n) is 1.29. The molecule has 6 nitrogen and oxygen atoms in total. The van der Waals surface area contributed by atoms with Crippen molar-refractivity contribution >= 4 is 27.6 Å². The molecule has 1 heterocycles. The first kappa shape index (κ1) is 10.7. The normalized spacial score (nSPS) is 9.57. The Labute approximate surface area is 88.6 Å². The lowest BCUT2D eigenvalue weighted by molar-refractivity contribution is -0.143. The topological polar surface area (TPSA) is 87.3 Å². The number of aromatic nitrogens is 2. The van der Waals surface area contributed by atoms with Crippen molar-refractivity contribution in [1.29, 1.82) is 0 Å². The average molecular weight is 262 g/mol. The van der Waals surface area contributed by atoms with E-state index in [2.05, 4.69) is 30.6 Å². The zero-order valence-corrected chi connectivity index (χ0v) is 8.94. The van der Waals surface area contributed by atoms with Crippen molar-refractivity contribution in [2.45, 2.75) is 0 Å². The molecule has 76 valence electrons. The molecule has 0 bridgehead atoms. The Balaban J connectivity index is 2.60. The van der Waals surface area contributed by atoms with Gasteiger partial charge in [-0.3, -0.25) is 0 Å². The number of carbonyl (C=O) groups is 1. The lowest BCUT2D eigenvalue weighted by Crippen LogP contribution is -2.14. The van der Waals surface area contributed by atoms with Crippen LogP contribution in [0.5, 0.6) is 6.01 Å². The Bertz CT molecular complexity index is 345. The van der Waals surface area contributed by atoms with E-state index < -0.39 is 5.97 Å². The number of esters is 1. The fraction of sp³-hybridized carbons (Fsp3) is 0.286. The predicted octanol–water partition coefficient (Wildman–Crippen LogP) is 0.373. The Hall–Kier alpha value is -1.37. The number of halogens is 1. The van der Waals surface area contributed by atoms with Gasteiger partial charge >= 0.3 is 12.0 Å². The first-order valence-electron chi connectivity index (χ1n) is 3.61. The van der Waals surface area contributed by atoms with Gasteiger partial charge in [0.05, 0.1) is 19.0 Å². The van der Waals surface area contributed by atoms with Gasteiger partial charge in [0, 0.05) is 0 Å². The maximum Gasteiger partial charge on any atom is 0.344 e. The third kappa shape index (κ3) is 2.84. The second-order valence-electron chi connectivity index (χ2n) is 2.26. The van der Waals surface area contributed by atoms with E-state index in [0.717, 1.165) is 0 Å². The van der Waals surface area contributed by atoms with Gasteiger partial charge in [-0.05, 0) is 15.9 Å². The van der Waals surface area contributed by atoms with Crippen LogP contribution in [-0.2, 0) is 9.53 Å². The minimum Gasteiger partial charge on any atom is -0.466 e.